The molecule has 0 aromatic carbocycles. The van der Waals surface area contributed by atoms with Gasteiger partial charge in [-0.15, -0.1) is 11.3 Å². The molecular formula is C7H10O2S. The van der Waals surface area contributed by atoms with Crippen LogP contribution in [0.2, 0.25) is 0 Å². The van der Waals surface area contributed by atoms with Crippen LogP contribution in [0.5, 0.6) is 5.06 Å². The summed E-state index contributed by atoms with van der Waals surface area (Å²) in [5.74, 6) is 0. The molecule has 10 heavy (non-hydrogen) atoms. The largest absolute Gasteiger partial charge is 0.487 e. The van der Waals surface area contributed by atoms with Gasteiger partial charge in [-0.3, -0.25) is 0 Å². The predicted octanol–water partition coefficient (Wildman–Crippen LogP) is 1.81. The van der Waals surface area contributed by atoms with Crippen molar-refractivity contribution in [3.63, 3.8) is 0 Å². The third-order valence-electron chi connectivity index (χ3n) is 1.22. The Morgan fingerprint density at radius 1 is 1.60 bits per heavy atom. The van der Waals surface area contributed by atoms with Gasteiger partial charge < -0.3 is 9.84 Å². The first kappa shape index (κ1) is 7.57. The number of methoxy groups -OCH3 is 1. The Balaban J connectivity index is 2.78. The lowest BCUT2D eigenvalue weighted by atomic mass is 10.3. The summed E-state index contributed by atoms with van der Waals surface area (Å²) in [6, 6.07) is 3.72. The van der Waals surface area contributed by atoms with Gasteiger partial charge in [-0.25, -0.2) is 0 Å². The lowest BCUT2D eigenvalue weighted by Gasteiger charge is -1.96. The zero-order valence-corrected chi connectivity index (χ0v) is 6.81. The molecule has 0 aliphatic carbocycles. The quantitative estimate of drug-likeness (QED) is 0.711. The van der Waals surface area contributed by atoms with Gasteiger partial charge in [0.25, 0.3) is 0 Å². The molecule has 0 radical (unpaired) electrons. The highest BCUT2D eigenvalue weighted by atomic mass is 32.1. The molecule has 2 nitrogen and oxygen atoms in total. The Hall–Kier alpha value is -0.540. The molecule has 0 amide bonds. The van der Waals surface area contributed by atoms with Crippen molar-refractivity contribution in [2.75, 3.05) is 7.11 Å². The molecule has 0 bridgehead atoms. The summed E-state index contributed by atoms with van der Waals surface area (Å²) in [7, 11) is 1.62. The second-order valence-corrected chi connectivity index (χ2v) is 3.11. The molecule has 1 rings (SSSR count). The minimum absolute atomic E-state index is 0.381. The molecule has 56 valence electrons. The second-order valence-electron chi connectivity index (χ2n) is 2.04. The fraction of sp³-hybridized carbons (Fsp3) is 0.429. The summed E-state index contributed by atoms with van der Waals surface area (Å²) in [5, 5.41) is 9.93. The Labute approximate surface area is 64.1 Å². The van der Waals surface area contributed by atoms with E-state index in [0.717, 1.165) is 9.94 Å². The molecule has 0 spiro atoms. The van der Waals surface area contributed by atoms with Crippen LogP contribution in [0.15, 0.2) is 12.1 Å². The molecular weight excluding hydrogens is 148 g/mol. The number of aliphatic hydroxyl groups is 1. The van der Waals surface area contributed by atoms with Gasteiger partial charge >= 0.3 is 0 Å². The number of hydrogen-bond donors (Lipinski definition) is 1. The summed E-state index contributed by atoms with van der Waals surface area (Å²) in [6.45, 7) is 1.74. The fourth-order valence-electron chi connectivity index (χ4n) is 0.669. The first-order chi connectivity index (χ1) is 4.74. The van der Waals surface area contributed by atoms with E-state index >= 15 is 0 Å². The van der Waals surface area contributed by atoms with E-state index in [1.54, 1.807) is 14.0 Å². The van der Waals surface area contributed by atoms with Crippen LogP contribution in [-0.4, -0.2) is 12.2 Å². The molecule has 1 N–H and O–H groups in total. The van der Waals surface area contributed by atoms with Gasteiger partial charge in [0.05, 0.1) is 13.2 Å². The molecule has 0 unspecified atom stereocenters. The maximum atomic E-state index is 9.09. The van der Waals surface area contributed by atoms with E-state index in [-0.39, 0.29) is 6.10 Å². The standard InChI is InChI=1S/C7H10O2S/c1-5(8)6-3-4-7(9-2)10-6/h3-5,8H,1-2H3/t5-/m1/s1. The summed E-state index contributed by atoms with van der Waals surface area (Å²) in [4.78, 5) is 0.942. The zero-order valence-electron chi connectivity index (χ0n) is 6.00. The predicted molar refractivity (Wildman–Crippen MR) is 41.5 cm³/mol. The average molecular weight is 158 g/mol. The molecule has 0 aliphatic rings. The van der Waals surface area contributed by atoms with E-state index in [0.29, 0.717) is 0 Å². The van der Waals surface area contributed by atoms with Crippen molar-refractivity contribution in [1.29, 1.82) is 0 Å². The topological polar surface area (TPSA) is 29.5 Å². The van der Waals surface area contributed by atoms with E-state index in [1.165, 1.54) is 11.3 Å². The van der Waals surface area contributed by atoms with Crippen LogP contribution < -0.4 is 4.74 Å². The summed E-state index contributed by atoms with van der Waals surface area (Å²) >= 11 is 1.47. The van der Waals surface area contributed by atoms with Crippen LogP contribution >= 0.6 is 11.3 Å². The van der Waals surface area contributed by atoms with Gasteiger partial charge in [0, 0.05) is 4.88 Å². The minimum atomic E-state index is -0.381. The molecule has 1 aromatic heterocycles. The average Bonchev–Trinajstić information content (AvgIpc) is 2.34. The lowest BCUT2D eigenvalue weighted by molar-refractivity contribution is 0.203. The molecule has 1 aromatic rings. The van der Waals surface area contributed by atoms with Crippen LogP contribution in [0.1, 0.15) is 17.9 Å². The van der Waals surface area contributed by atoms with Crippen LogP contribution in [0.4, 0.5) is 0 Å². The molecule has 3 heteroatoms. The Kier molecular flexibility index (Phi) is 2.29. The Bertz CT molecular complexity index is 205. The van der Waals surface area contributed by atoms with Gasteiger partial charge in [-0.1, -0.05) is 0 Å². The van der Waals surface area contributed by atoms with E-state index in [1.807, 2.05) is 12.1 Å². The highest BCUT2D eigenvalue weighted by Crippen LogP contribution is 2.28. The molecule has 0 saturated heterocycles. The van der Waals surface area contributed by atoms with Crippen molar-refractivity contribution >= 4 is 11.3 Å². The summed E-state index contributed by atoms with van der Waals surface area (Å²) in [6.07, 6.45) is -0.381. The third kappa shape index (κ3) is 1.49. The Morgan fingerprint density at radius 3 is 2.60 bits per heavy atom. The maximum Gasteiger partial charge on any atom is 0.173 e. The van der Waals surface area contributed by atoms with Gasteiger partial charge in [0.15, 0.2) is 5.06 Å². The van der Waals surface area contributed by atoms with E-state index in [4.69, 9.17) is 9.84 Å². The first-order valence-electron chi connectivity index (χ1n) is 3.06. The van der Waals surface area contributed by atoms with Crippen molar-refractivity contribution in [1.82, 2.24) is 0 Å². The van der Waals surface area contributed by atoms with Gasteiger partial charge in [-0.05, 0) is 19.1 Å². The van der Waals surface area contributed by atoms with Gasteiger partial charge in [-0.2, -0.15) is 0 Å². The second kappa shape index (κ2) is 3.03. The monoisotopic (exact) mass is 158 g/mol. The van der Waals surface area contributed by atoms with Crippen LogP contribution in [0.25, 0.3) is 0 Å². The van der Waals surface area contributed by atoms with Crippen molar-refractivity contribution in [2.24, 2.45) is 0 Å². The molecule has 1 atom stereocenters. The zero-order chi connectivity index (χ0) is 7.56. The third-order valence-corrected chi connectivity index (χ3v) is 2.43. The highest BCUT2D eigenvalue weighted by molar-refractivity contribution is 7.13. The maximum absolute atomic E-state index is 9.09. The molecule has 0 saturated carbocycles. The smallest absolute Gasteiger partial charge is 0.173 e. The van der Waals surface area contributed by atoms with Crippen molar-refractivity contribution in [3.05, 3.63) is 17.0 Å². The number of aliphatic hydroxyl groups excluding tert-OH is 1. The van der Waals surface area contributed by atoms with Gasteiger partial charge in [0.2, 0.25) is 0 Å². The number of ether oxygens (including phenoxy) is 1. The minimum Gasteiger partial charge on any atom is -0.487 e. The van der Waals surface area contributed by atoms with Gasteiger partial charge in [0.1, 0.15) is 0 Å². The van der Waals surface area contributed by atoms with Crippen molar-refractivity contribution in [3.8, 4) is 5.06 Å². The molecule has 0 fully saturated rings. The fourth-order valence-corrected chi connectivity index (χ4v) is 1.43. The number of hydrogen-bond acceptors (Lipinski definition) is 3. The van der Waals surface area contributed by atoms with Crippen molar-refractivity contribution in [2.45, 2.75) is 13.0 Å². The summed E-state index contributed by atoms with van der Waals surface area (Å²) < 4.78 is 4.95. The van der Waals surface area contributed by atoms with Crippen LogP contribution in [0, 0.1) is 0 Å². The van der Waals surface area contributed by atoms with Crippen LogP contribution in [-0.2, 0) is 0 Å². The van der Waals surface area contributed by atoms with Crippen molar-refractivity contribution < 1.29 is 9.84 Å². The van der Waals surface area contributed by atoms with E-state index in [2.05, 4.69) is 0 Å². The first-order valence-corrected chi connectivity index (χ1v) is 3.87. The Morgan fingerprint density at radius 2 is 2.30 bits per heavy atom. The van der Waals surface area contributed by atoms with E-state index < -0.39 is 0 Å². The lowest BCUT2D eigenvalue weighted by Crippen LogP contribution is -1.83. The van der Waals surface area contributed by atoms with E-state index in [9.17, 15) is 0 Å². The number of rotatable bonds is 2. The molecule has 0 aliphatic heterocycles. The van der Waals surface area contributed by atoms with Crippen LogP contribution in [0.3, 0.4) is 0 Å². The highest BCUT2D eigenvalue weighted by Gasteiger charge is 2.03. The normalized spacial score (nSPS) is 13.1. The molecule has 1 heterocycles. The summed E-state index contributed by atoms with van der Waals surface area (Å²) in [5.41, 5.74) is 0. The number of thiophene rings is 1. The SMILES string of the molecule is COc1ccc([C@@H](C)O)s1.